The molecule has 0 heterocycles. The van der Waals surface area contributed by atoms with Gasteiger partial charge in [0.15, 0.2) is 0 Å². The minimum absolute atomic E-state index is 0.121. The molecule has 0 aliphatic heterocycles. The summed E-state index contributed by atoms with van der Waals surface area (Å²) in [5.74, 6) is -0.121. The van der Waals surface area contributed by atoms with E-state index in [9.17, 15) is 13.2 Å². The number of hydrogen-bond donors (Lipinski definition) is 0. The van der Waals surface area contributed by atoms with Gasteiger partial charge in [-0.2, -0.15) is 13.2 Å². The third kappa shape index (κ3) is 4.49. The van der Waals surface area contributed by atoms with E-state index in [0.29, 0.717) is 18.5 Å². The van der Waals surface area contributed by atoms with E-state index in [-0.39, 0.29) is 5.92 Å². The van der Waals surface area contributed by atoms with Crippen molar-refractivity contribution in [3.05, 3.63) is 71.3 Å². The molecule has 0 radical (unpaired) electrons. The van der Waals surface area contributed by atoms with E-state index in [1.165, 1.54) is 16.6 Å². The first-order valence-electron chi connectivity index (χ1n) is 6.97. The van der Waals surface area contributed by atoms with Crippen LogP contribution in [0.3, 0.4) is 0 Å². The second kappa shape index (κ2) is 7.16. The Balaban J connectivity index is 2.36. The van der Waals surface area contributed by atoms with E-state index < -0.39 is 11.7 Å². The van der Waals surface area contributed by atoms with Crippen molar-refractivity contribution in [1.29, 1.82) is 0 Å². The maximum atomic E-state index is 12.9. The fraction of sp³-hybridized carbons (Fsp3) is 0.294. The van der Waals surface area contributed by atoms with Crippen LogP contribution in [0.4, 0.5) is 13.2 Å². The van der Waals surface area contributed by atoms with Crippen LogP contribution in [0.25, 0.3) is 0 Å². The zero-order valence-corrected chi connectivity index (χ0v) is 12.9. The van der Waals surface area contributed by atoms with Gasteiger partial charge in [0.25, 0.3) is 0 Å². The van der Waals surface area contributed by atoms with Crippen LogP contribution < -0.4 is 0 Å². The number of benzene rings is 2. The molecule has 2 aromatic rings. The van der Waals surface area contributed by atoms with Crippen LogP contribution in [0.5, 0.6) is 0 Å². The second-order valence-corrected chi connectivity index (χ2v) is 5.78. The molecule has 0 aromatic heterocycles. The highest BCUT2D eigenvalue weighted by Gasteiger charge is 2.31. The van der Waals surface area contributed by atoms with Gasteiger partial charge in [-0.15, -0.1) is 0 Å². The van der Waals surface area contributed by atoms with E-state index in [4.69, 9.17) is 11.8 Å². The van der Waals surface area contributed by atoms with Crippen molar-refractivity contribution in [2.45, 2.75) is 18.5 Å². The van der Waals surface area contributed by atoms with E-state index in [1.807, 2.05) is 30.3 Å². The number of hydrogen-bond acceptors (Lipinski definition) is 1. The van der Waals surface area contributed by atoms with Crippen LogP contribution in [0.15, 0.2) is 54.6 Å². The van der Waals surface area contributed by atoms with E-state index in [1.54, 1.807) is 13.1 Å². The van der Waals surface area contributed by atoms with Crippen molar-refractivity contribution in [1.82, 2.24) is 4.42 Å². The van der Waals surface area contributed by atoms with Crippen LogP contribution in [-0.4, -0.2) is 18.0 Å². The molecule has 118 valence electrons. The van der Waals surface area contributed by atoms with E-state index >= 15 is 0 Å². The molecule has 0 saturated heterocycles. The maximum absolute atomic E-state index is 12.9. The minimum Gasteiger partial charge on any atom is -0.223 e. The first kappa shape index (κ1) is 16.8. The smallest absolute Gasteiger partial charge is 0.223 e. The molecule has 0 amide bonds. The third-order valence-corrected chi connectivity index (χ3v) is 3.71. The Kier molecular flexibility index (Phi) is 5.48. The molecule has 0 saturated carbocycles. The fourth-order valence-corrected chi connectivity index (χ4v) is 2.55. The minimum atomic E-state index is -4.33. The van der Waals surface area contributed by atoms with Gasteiger partial charge in [-0.3, -0.25) is 0 Å². The second-order valence-electron chi connectivity index (χ2n) is 5.20. The topological polar surface area (TPSA) is 3.24 Å². The van der Waals surface area contributed by atoms with Gasteiger partial charge in [0.05, 0.1) is 5.56 Å². The molecule has 1 unspecified atom stereocenters. The Bertz CT molecular complexity index is 596. The maximum Gasteiger partial charge on any atom is 0.416 e. The zero-order chi connectivity index (χ0) is 16.2. The first-order chi connectivity index (χ1) is 10.4. The molecule has 0 aliphatic carbocycles. The summed E-state index contributed by atoms with van der Waals surface area (Å²) in [6.07, 6.45) is -3.69. The lowest BCUT2D eigenvalue weighted by Crippen LogP contribution is -2.13. The standard InChI is InChI=1S/C17H17ClF3N/c1-22(18)11-10-16(13-6-3-2-4-7-13)14-8-5-9-15(12-14)17(19,20)21/h2-9,12,16H,10-11H2,1H3. The molecule has 2 aromatic carbocycles. The Labute approximate surface area is 133 Å². The Morgan fingerprint density at radius 3 is 2.23 bits per heavy atom. The molecule has 0 spiro atoms. The number of halogens is 4. The van der Waals surface area contributed by atoms with Crippen molar-refractivity contribution in [3.8, 4) is 0 Å². The lowest BCUT2D eigenvalue weighted by atomic mass is 9.87. The van der Waals surface area contributed by atoms with Crippen molar-refractivity contribution < 1.29 is 13.2 Å². The molecular weight excluding hydrogens is 311 g/mol. The predicted molar refractivity (Wildman–Crippen MR) is 82.8 cm³/mol. The van der Waals surface area contributed by atoms with Gasteiger partial charge in [0.2, 0.25) is 0 Å². The Morgan fingerprint density at radius 1 is 1.00 bits per heavy atom. The lowest BCUT2D eigenvalue weighted by Gasteiger charge is -2.20. The summed E-state index contributed by atoms with van der Waals surface area (Å²) in [4.78, 5) is 0. The summed E-state index contributed by atoms with van der Waals surface area (Å²) in [5.41, 5.74) is 1.02. The van der Waals surface area contributed by atoms with Gasteiger partial charge < -0.3 is 0 Å². The van der Waals surface area contributed by atoms with Crippen molar-refractivity contribution >= 4 is 11.8 Å². The van der Waals surface area contributed by atoms with Crippen molar-refractivity contribution in [3.63, 3.8) is 0 Å². The fourth-order valence-electron chi connectivity index (χ4n) is 2.45. The van der Waals surface area contributed by atoms with E-state index in [2.05, 4.69) is 0 Å². The summed E-state index contributed by atoms with van der Waals surface area (Å²) in [6.45, 7) is 0.581. The molecular formula is C17H17ClF3N. The average molecular weight is 328 g/mol. The third-order valence-electron chi connectivity index (χ3n) is 3.54. The molecule has 2 rings (SSSR count). The van der Waals surface area contributed by atoms with Gasteiger partial charge in [0.1, 0.15) is 0 Å². The van der Waals surface area contributed by atoms with E-state index in [0.717, 1.165) is 11.6 Å². The van der Waals surface area contributed by atoms with Crippen LogP contribution in [-0.2, 0) is 6.18 Å². The first-order valence-corrected chi connectivity index (χ1v) is 7.31. The summed E-state index contributed by atoms with van der Waals surface area (Å²) >= 11 is 5.85. The lowest BCUT2D eigenvalue weighted by molar-refractivity contribution is -0.137. The molecule has 0 fully saturated rings. The summed E-state index contributed by atoms with van der Waals surface area (Å²) in [6, 6.07) is 15.0. The Morgan fingerprint density at radius 2 is 1.64 bits per heavy atom. The quantitative estimate of drug-likeness (QED) is 0.672. The van der Waals surface area contributed by atoms with Crippen LogP contribution >= 0.6 is 11.8 Å². The number of alkyl halides is 3. The molecule has 22 heavy (non-hydrogen) atoms. The summed E-state index contributed by atoms with van der Waals surface area (Å²) in [7, 11) is 1.73. The highest BCUT2D eigenvalue weighted by atomic mass is 35.5. The van der Waals surface area contributed by atoms with Crippen LogP contribution in [0, 0.1) is 0 Å². The monoisotopic (exact) mass is 327 g/mol. The summed E-state index contributed by atoms with van der Waals surface area (Å²) < 4.78 is 40.3. The highest BCUT2D eigenvalue weighted by Crippen LogP contribution is 2.34. The number of nitrogens with zero attached hydrogens (tertiary/aromatic N) is 1. The molecule has 1 atom stereocenters. The highest BCUT2D eigenvalue weighted by molar-refractivity contribution is 6.13. The van der Waals surface area contributed by atoms with Gasteiger partial charge in [0, 0.05) is 19.5 Å². The summed E-state index contributed by atoms with van der Waals surface area (Å²) in [5, 5.41) is 0. The van der Waals surface area contributed by atoms with Gasteiger partial charge in [-0.1, -0.05) is 48.5 Å². The zero-order valence-electron chi connectivity index (χ0n) is 12.1. The molecule has 0 bridgehead atoms. The van der Waals surface area contributed by atoms with Crippen molar-refractivity contribution in [2.24, 2.45) is 0 Å². The molecule has 0 aliphatic rings. The Hall–Kier alpha value is -1.52. The van der Waals surface area contributed by atoms with Crippen LogP contribution in [0.2, 0.25) is 0 Å². The largest absolute Gasteiger partial charge is 0.416 e. The predicted octanol–water partition coefficient (Wildman–Crippen LogP) is 5.31. The van der Waals surface area contributed by atoms with Crippen molar-refractivity contribution in [2.75, 3.05) is 13.6 Å². The molecule has 5 heteroatoms. The number of rotatable bonds is 5. The normalized spacial score (nSPS) is 13.4. The molecule has 0 N–H and O–H groups in total. The van der Waals surface area contributed by atoms with Crippen LogP contribution in [0.1, 0.15) is 29.0 Å². The molecule has 1 nitrogen and oxygen atoms in total. The van der Waals surface area contributed by atoms with Gasteiger partial charge in [-0.25, -0.2) is 4.42 Å². The van der Waals surface area contributed by atoms with Gasteiger partial charge >= 0.3 is 6.18 Å². The average Bonchev–Trinajstić information content (AvgIpc) is 2.48. The SMILES string of the molecule is CN(Cl)CCC(c1ccccc1)c1cccc(C(F)(F)F)c1. The van der Waals surface area contributed by atoms with Gasteiger partial charge in [-0.05, 0) is 35.4 Å².